The van der Waals surface area contributed by atoms with Gasteiger partial charge >= 0.3 is 0 Å². The van der Waals surface area contributed by atoms with Crippen LogP contribution < -0.4 is 11.1 Å². The molecule has 0 atom stereocenters. The number of nitrogen functional groups attached to an aromatic ring is 1. The first kappa shape index (κ1) is 13.6. The molecule has 0 aliphatic carbocycles. The Bertz CT molecular complexity index is 361. The molecule has 0 unspecified atom stereocenters. The minimum atomic E-state index is -0.0763. The molecule has 0 spiro atoms. The Hall–Kier alpha value is -1.51. The quantitative estimate of drug-likeness (QED) is 0.587. The van der Waals surface area contributed by atoms with Crippen LogP contribution in [0.15, 0.2) is 24.3 Å². The number of carbonyl (C=O) groups is 1. The zero-order chi connectivity index (χ0) is 12.7. The molecule has 1 rings (SSSR count). The van der Waals surface area contributed by atoms with Crippen LogP contribution in [0.5, 0.6) is 0 Å². The van der Waals surface area contributed by atoms with Crippen molar-refractivity contribution in [2.45, 2.75) is 33.1 Å². The van der Waals surface area contributed by atoms with E-state index in [-0.39, 0.29) is 5.91 Å². The Balaban J connectivity index is 2.29. The van der Waals surface area contributed by atoms with Crippen molar-refractivity contribution in [3.8, 4) is 0 Å². The number of nitrogens with one attached hydrogen (secondary N) is 1. The molecule has 0 aliphatic rings. The number of carbonyl (C=O) groups excluding carboxylic acids is 1. The Kier molecular flexibility index (Phi) is 5.53. The molecule has 3 nitrogen and oxygen atoms in total. The lowest BCUT2D eigenvalue weighted by Crippen LogP contribution is -2.25. The number of para-hydroxylation sites is 1. The summed E-state index contributed by atoms with van der Waals surface area (Å²) in [5, 5.41) is 2.89. The zero-order valence-electron chi connectivity index (χ0n) is 10.7. The van der Waals surface area contributed by atoms with Crippen molar-refractivity contribution in [3.63, 3.8) is 0 Å². The van der Waals surface area contributed by atoms with Crippen molar-refractivity contribution in [2.24, 2.45) is 5.92 Å². The molecule has 1 aromatic rings. The number of unbranched alkanes of at least 4 members (excludes halogenated alkanes) is 1. The van der Waals surface area contributed by atoms with Gasteiger partial charge in [-0.05, 0) is 24.5 Å². The predicted molar refractivity (Wildman–Crippen MR) is 71.9 cm³/mol. The average molecular weight is 234 g/mol. The summed E-state index contributed by atoms with van der Waals surface area (Å²) in [5.74, 6) is 0.656. The third-order valence-corrected chi connectivity index (χ3v) is 2.70. The van der Waals surface area contributed by atoms with E-state index in [1.807, 2.05) is 12.1 Å². The lowest BCUT2D eigenvalue weighted by atomic mass is 10.1. The second-order valence-corrected chi connectivity index (χ2v) is 4.73. The fraction of sp³-hybridized carbons (Fsp3) is 0.500. The highest BCUT2D eigenvalue weighted by molar-refractivity contribution is 5.98. The van der Waals surface area contributed by atoms with E-state index >= 15 is 0 Å². The highest BCUT2D eigenvalue weighted by Gasteiger charge is 2.07. The molecule has 17 heavy (non-hydrogen) atoms. The van der Waals surface area contributed by atoms with E-state index in [0.717, 1.165) is 25.3 Å². The van der Waals surface area contributed by atoms with E-state index in [1.165, 1.54) is 6.42 Å². The number of benzene rings is 1. The van der Waals surface area contributed by atoms with E-state index in [0.29, 0.717) is 11.3 Å². The van der Waals surface area contributed by atoms with Gasteiger partial charge in [-0.1, -0.05) is 38.8 Å². The maximum atomic E-state index is 11.8. The summed E-state index contributed by atoms with van der Waals surface area (Å²) in [6.45, 7) is 5.15. The summed E-state index contributed by atoms with van der Waals surface area (Å²) in [7, 11) is 0. The summed E-state index contributed by atoms with van der Waals surface area (Å²) in [4.78, 5) is 11.8. The third kappa shape index (κ3) is 4.89. The van der Waals surface area contributed by atoms with Crippen molar-refractivity contribution in [3.05, 3.63) is 29.8 Å². The van der Waals surface area contributed by atoms with Crippen LogP contribution in [-0.4, -0.2) is 12.5 Å². The third-order valence-electron chi connectivity index (χ3n) is 2.70. The van der Waals surface area contributed by atoms with E-state index in [4.69, 9.17) is 5.73 Å². The van der Waals surface area contributed by atoms with Gasteiger partial charge in [-0.15, -0.1) is 0 Å². The van der Waals surface area contributed by atoms with Crippen LogP contribution in [0, 0.1) is 5.92 Å². The summed E-state index contributed by atoms with van der Waals surface area (Å²) >= 11 is 0. The molecule has 0 fully saturated rings. The van der Waals surface area contributed by atoms with Crippen LogP contribution in [0.2, 0.25) is 0 Å². The first-order valence-corrected chi connectivity index (χ1v) is 6.24. The van der Waals surface area contributed by atoms with Crippen molar-refractivity contribution >= 4 is 11.6 Å². The molecule has 0 aliphatic heterocycles. The topological polar surface area (TPSA) is 55.1 Å². The fourth-order valence-electron chi connectivity index (χ4n) is 1.68. The Morgan fingerprint density at radius 2 is 2.00 bits per heavy atom. The Labute approximate surface area is 103 Å². The molecule has 0 saturated carbocycles. The highest BCUT2D eigenvalue weighted by Crippen LogP contribution is 2.10. The van der Waals surface area contributed by atoms with Crippen LogP contribution in [0.25, 0.3) is 0 Å². The van der Waals surface area contributed by atoms with Gasteiger partial charge in [-0.3, -0.25) is 4.79 Å². The smallest absolute Gasteiger partial charge is 0.253 e. The molecule has 1 aromatic carbocycles. The van der Waals surface area contributed by atoms with E-state index < -0.39 is 0 Å². The minimum Gasteiger partial charge on any atom is -0.398 e. The van der Waals surface area contributed by atoms with Gasteiger partial charge in [0.15, 0.2) is 0 Å². The second-order valence-electron chi connectivity index (χ2n) is 4.73. The number of anilines is 1. The van der Waals surface area contributed by atoms with Gasteiger partial charge in [0, 0.05) is 12.2 Å². The minimum absolute atomic E-state index is 0.0763. The van der Waals surface area contributed by atoms with Crippen LogP contribution in [0.3, 0.4) is 0 Å². The lowest BCUT2D eigenvalue weighted by Gasteiger charge is -2.08. The molecule has 0 bridgehead atoms. The standard InChI is InChI=1S/C14H22N2O/c1-11(2)7-5-6-10-16-14(17)12-8-3-4-9-13(12)15/h3-4,8-9,11H,5-7,10,15H2,1-2H3,(H,16,17). The first-order chi connectivity index (χ1) is 8.11. The Morgan fingerprint density at radius 3 is 2.65 bits per heavy atom. The Morgan fingerprint density at radius 1 is 1.29 bits per heavy atom. The number of hydrogen-bond donors (Lipinski definition) is 2. The van der Waals surface area contributed by atoms with Crippen LogP contribution in [0.1, 0.15) is 43.5 Å². The van der Waals surface area contributed by atoms with Gasteiger partial charge in [0.1, 0.15) is 0 Å². The normalized spacial score (nSPS) is 10.5. The molecule has 94 valence electrons. The van der Waals surface area contributed by atoms with Gasteiger partial charge < -0.3 is 11.1 Å². The molecular weight excluding hydrogens is 212 g/mol. The molecule has 0 saturated heterocycles. The van der Waals surface area contributed by atoms with E-state index in [1.54, 1.807) is 12.1 Å². The SMILES string of the molecule is CC(C)CCCCNC(=O)c1ccccc1N. The molecule has 0 aromatic heterocycles. The average Bonchev–Trinajstić information content (AvgIpc) is 2.28. The second kappa shape index (κ2) is 6.94. The van der Waals surface area contributed by atoms with Crippen molar-refractivity contribution < 1.29 is 4.79 Å². The van der Waals surface area contributed by atoms with Crippen molar-refractivity contribution in [1.82, 2.24) is 5.32 Å². The maximum absolute atomic E-state index is 11.8. The summed E-state index contributed by atoms with van der Waals surface area (Å²) in [5.41, 5.74) is 6.83. The monoisotopic (exact) mass is 234 g/mol. The van der Waals surface area contributed by atoms with Gasteiger partial charge in [-0.2, -0.15) is 0 Å². The van der Waals surface area contributed by atoms with Crippen LogP contribution in [-0.2, 0) is 0 Å². The maximum Gasteiger partial charge on any atom is 0.253 e. The largest absolute Gasteiger partial charge is 0.398 e. The first-order valence-electron chi connectivity index (χ1n) is 6.24. The van der Waals surface area contributed by atoms with Crippen LogP contribution >= 0.6 is 0 Å². The number of hydrogen-bond acceptors (Lipinski definition) is 2. The van der Waals surface area contributed by atoms with Crippen LogP contribution in [0.4, 0.5) is 5.69 Å². The van der Waals surface area contributed by atoms with E-state index in [9.17, 15) is 4.79 Å². The van der Waals surface area contributed by atoms with Gasteiger partial charge in [0.2, 0.25) is 0 Å². The number of rotatable bonds is 6. The summed E-state index contributed by atoms with van der Waals surface area (Å²) in [6.07, 6.45) is 3.39. The molecule has 0 heterocycles. The number of amides is 1. The van der Waals surface area contributed by atoms with Gasteiger partial charge in [-0.25, -0.2) is 0 Å². The molecule has 3 heteroatoms. The summed E-state index contributed by atoms with van der Waals surface area (Å²) in [6, 6.07) is 7.14. The zero-order valence-corrected chi connectivity index (χ0v) is 10.7. The number of nitrogens with two attached hydrogens (primary N) is 1. The molecule has 3 N–H and O–H groups in total. The summed E-state index contributed by atoms with van der Waals surface area (Å²) < 4.78 is 0. The molecule has 1 amide bonds. The molecule has 0 radical (unpaired) electrons. The van der Waals surface area contributed by atoms with E-state index in [2.05, 4.69) is 19.2 Å². The van der Waals surface area contributed by atoms with Gasteiger partial charge in [0.25, 0.3) is 5.91 Å². The lowest BCUT2D eigenvalue weighted by molar-refractivity contribution is 0.0954. The van der Waals surface area contributed by atoms with Crippen molar-refractivity contribution in [1.29, 1.82) is 0 Å². The highest BCUT2D eigenvalue weighted by atomic mass is 16.1. The predicted octanol–water partition coefficient (Wildman–Crippen LogP) is 2.82. The van der Waals surface area contributed by atoms with Crippen molar-refractivity contribution in [2.75, 3.05) is 12.3 Å². The van der Waals surface area contributed by atoms with Gasteiger partial charge in [0.05, 0.1) is 5.56 Å². The fourth-order valence-corrected chi connectivity index (χ4v) is 1.68. The molecular formula is C14H22N2O.